The van der Waals surface area contributed by atoms with Gasteiger partial charge >= 0.3 is 0 Å². The molecule has 0 saturated carbocycles. The van der Waals surface area contributed by atoms with Gasteiger partial charge in [0.25, 0.3) is 11.8 Å². The minimum Gasteiger partial charge on any atom is -0.361 e. The SMILES string of the molecule is CCNC(=O)[C@]1(Cc2ccccc2-c2ccc(F)cc2)CN(C(=O)c2ccccn2)CCO1. The van der Waals surface area contributed by atoms with Crippen LogP contribution in [0.3, 0.4) is 0 Å². The van der Waals surface area contributed by atoms with Crippen LogP contribution >= 0.6 is 0 Å². The summed E-state index contributed by atoms with van der Waals surface area (Å²) in [4.78, 5) is 32.2. The Hall–Kier alpha value is -3.58. The van der Waals surface area contributed by atoms with Crippen LogP contribution in [-0.2, 0) is 16.0 Å². The lowest BCUT2D eigenvalue weighted by Gasteiger charge is -2.41. The fraction of sp³-hybridized carbons (Fsp3) is 0.269. The molecule has 0 bridgehead atoms. The molecule has 1 N–H and O–H groups in total. The highest BCUT2D eigenvalue weighted by Gasteiger charge is 2.45. The second-order valence-corrected chi connectivity index (χ2v) is 7.98. The Balaban J connectivity index is 1.68. The molecule has 2 aromatic carbocycles. The lowest BCUT2D eigenvalue weighted by atomic mass is 9.87. The van der Waals surface area contributed by atoms with Crippen LogP contribution in [0.4, 0.5) is 4.39 Å². The summed E-state index contributed by atoms with van der Waals surface area (Å²) in [6.07, 6.45) is 1.84. The van der Waals surface area contributed by atoms with Crippen molar-refractivity contribution >= 4 is 11.8 Å². The molecule has 6 nitrogen and oxygen atoms in total. The van der Waals surface area contributed by atoms with Gasteiger partial charge in [-0.1, -0.05) is 42.5 Å². The summed E-state index contributed by atoms with van der Waals surface area (Å²) < 4.78 is 19.6. The van der Waals surface area contributed by atoms with E-state index in [1.807, 2.05) is 31.2 Å². The number of amides is 2. The summed E-state index contributed by atoms with van der Waals surface area (Å²) in [6.45, 7) is 2.99. The smallest absolute Gasteiger partial charge is 0.272 e. The summed E-state index contributed by atoms with van der Waals surface area (Å²) in [5.74, 6) is -0.814. The van der Waals surface area contributed by atoms with E-state index in [2.05, 4.69) is 10.3 Å². The number of rotatable bonds is 6. The average Bonchev–Trinajstić information content (AvgIpc) is 2.85. The molecule has 1 fully saturated rings. The Morgan fingerprint density at radius 1 is 1.09 bits per heavy atom. The molecule has 0 aliphatic carbocycles. The number of carbonyl (C=O) groups excluding carboxylic acids is 2. The van der Waals surface area contributed by atoms with E-state index in [9.17, 15) is 14.0 Å². The standard InChI is InChI=1S/C26H26FN3O3/c1-2-28-25(32)26(18-30(15-16-33-26)24(31)23-9-5-6-14-29-23)17-20-7-3-4-8-22(20)19-10-12-21(27)13-11-19/h3-14H,2,15-18H2,1H3,(H,28,32)/t26-/m0/s1. The lowest BCUT2D eigenvalue weighted by molar-refractivity contribution is -0.157. The number of hydrogen-bond acceptors (Lipinski definition) is 4. The van der Waals surface area contributed by atoms with Crippen molar-refractivity contribution in [3.63, 3.8) is 0 Å². The number of hydrogen-bond donors (Lipinski definition) is 1. The van der Waals surface area contributed by atoms with Gasteiger partial charge in [0, 0.05) is 25.7 Å². The summed E-state index contributed by atoms with van der Waals surface area (Å²) in [5, 5.41) is 2.88. The van der Waals surface area contributed by atoms with E-state index in [0.29, 0.717) is 18.8 Å². The number of likely N-dealkylation sites (N-methyl/N-ethyl adjacent to an activating group) is 1. The van der Waals surface area contributed by atoms with Gasteiger partial charge in [0.1, 0.15) is 11.5 Å². The molecule has 2 amide bonds. The Kier molecular flexibility index (Phi) is 6.79. The van der Waals surface area contributed by atoms with E-state index >= 15 is 0 Å². The molecule has 0 spiro atoms. The van der Waals surface area contributed by atoms with Gasteiger partial charge in [0.15, 0.2) is 5.60 Å². The topological polar surface area (TPSA) is 71.5 Å². The number of aromatic nitrogens is 1. The maximum absolute atomic E-state index is 13.5. The molecule has 1 saturated heterocycles. The molecule has 0 radical (unpaired) electrons. The van der Waals surface area contributed by atoms with Crippen LogP contribution in [0, 0.1) is 5.82 Å². The van der Waals surface area contributed by atoms with E-state index in [0.717, 1.165) is 16.7 Å². The first-order valence-electron chi connectivity index (χ1n) is 11.0. The van der Waals surface area contributed by atoms with Crippen LogP contribution in [0.15, 0.2) is 72.9 Å². The first-order chi connectivity index (χ1) is 16.0. The van der Waals surface area contributed by atoms with Gasteiger partial charge in [0.05, 0.1) is 13.2 Å². The van der Waals surface area contributed by atoms with Gasteiger partial charge in [-0.3, -0.25) is 14.6 Å². The van der Waals surface area contributed by atoms with E-state index in [-0.39, 0.29) is 37.2 Å². The van der Waals surface area contributed by atoms with Gasteiger partial charge in [-0.15, -0.1) is 0 Å². The summed E-state index contributed by atoms with van der Waals surface area (Å²) in [7, 11) is 0. The van der Waals surface area contributed by atoms with E-state index in [1.165, 1.54) is 12.1 Å². The summed E-state index contributed by atoms with van der Waals surface area (Å²) in [5.41, 5.74) is 1.68. The minimum absolute atomic E-state index is 0.103. The van der Waals surface area contributed by atoms with Gasteiger partial charge in [-0.2, -0.15) is 0 Å². The van der Waals surface area contributed by atoms with Crippen LogP contribution in [0.5, 0.6) is 0 Å². The van der Waals surface area contributed by atoms with Crippen molar-refractivity contribution < 1.29 is 18.7 Å². The molecule has 1 aromatic heterocycles. The molecule has 1 aliphatic rings. The van der Waals surface area contributed by atoms with Crippen LogP contribution in [0.1, 0.15) is 23.0 Å². The summed E-state index contributed by atoms with van der Waals surface area (Å²) in [6, 6.07) is 19.1. The first-order valence-corrected chi connectivity index (χ1v) is 11.0. The lowest BCUT2D eigenvalue weighted by Crippen LogP contribution is -2.62. The predicted octanol–water partition coefficient (Wildman–Crippen LogP) is 3.48. The number of nitrogens with one attached hydrogen (secondary N) is 1. The van der Waals surface area contributed by atoms with Crippen molar-refractivity contribution in [3.8, 4) is 11.1 Å². The maximum atomic E-state index is 13.5. The van der Waals surface area contributed by atoms with E-state index in [4.69, 9.17) is 4.74 Å². The molecule has 1 atom stereocenters. The normalized spacial score (nSPS) is 18.1. The highest BCUT2D eigenvalue weighted by Crippen LogP contribution is 2.31. The number of pyridine rings is 1. The number of benzene rings is 2. The van der Waals surface area contributed by atoms with Gasteiger partial charge in [-0.05, 0) is 47.9 Å². The molecule has 1 aliphatic heterocycles. The highest BCUT2D eigenvalue weighted by molar-refractivity contribution is 5.94. The predicted molar refractivity (Wildman–Crippen MR) is 123 cm³/mol. The van der Waals surface area contributed by atoms with Crippen LogP contribution in [0.2, 0.25) is 0 Å². The summed E-state index contributed by atoms with van der Waals surface area (Å²) >= 11 is 0. The molecule has 0 unspecified atom stereocenters. The fourth-order valence-corrected chi connectivity index (χ4v) is 4.15. The number of nitrogens with zero attached hydrogens (tertiary/aromatic N) is 2. The number of ether oxygens (including phenoxy) is 1. The van der Waals surface area contributed by atoms with Crippen molar-refractivity contribution in [2.75, 3.05) is 26.2 Å². The monoisotopic (exact) mass is 447 g/mol. The molecular formula is C26H26FN3O3. The average molecular weight is 448 g/mol. The fourth-order valence-electron chi connectivity index (χ4n) is 4.15. The zero-order valence-electron chi connectivity index (χ0n) is 18.5. The van der Waals surface area contributed by atoms with Crippen LogP contribution in [0.25, 0.3) is 11.1 Å². The Labute approximate surface area is 192 Å². The highest BCUT2D eigenvalue weighted by atomic mass is 19.1. The molecule has 7 heteroatoms. The minimum atomic E-state index is -1.26. The van der Waals surface area contributed by atoms with Crippen LogP contribution in [-0.4, -0.2) is 53.5 Å². The van der Waals surface area contributed by atoms with Gasteiger partial charge < -0.3 is 15.0 Å². The zero-order chi connectivity index (χ0) is 23.3. The van der Waals surface area contributed by atoms with Crippen molar-refractivity contribution in [3.05, 3.63) is 90.0 Å². The largest absolute Gasteiger partial charge is 0.361 e. The molecular weight excluding hydrogens is 421 g/mol. The number of halogens is 1. The first kappa shape index (κ1) is 22.6. The van der Waals surface area contributed by atoms with Crippen LogP contribution < -0.4 is 5.32 Å². The van der Waals surface area contributed by atoms with E-state index < -0.39 is 5.60 Å². The van der Waals surface area contributed by atoms with Gasteiger partial charge in [-0.25, -0.2) is 4.39 Å². The Morgan fingerprint density at radius 3 is 2.58 bits per heavy atom. The second kappa shape index (κ2) is 9.92. The zero-order valence-corrected chi connectivity index (χ0v) is 18.5. The quantitative estimate of drug-likeness (QED) is 0.628. The molecule has 170 valence electrons. The van der Waals surface area contributed by atoms with Crippen molar-refractivity contribution in [1.29, 1.82) is 0 Å². The molecule has 2 heterocycles. The third-order valence-electron chi connectivity index (χ3n) is 5.76. The third kappa shape index (κ3) is 4.93. The number of morpholine rings is 1. The van der Waals surface area contributed by atoms with E-state index in [1.54, 1.807) is 41.4 Å². The third-order valence-corrected chi connectivity index (χ3v) is 5.76. The Bertz CT molecular complexity index is 1120. The molecule has 3 aromatic rings. The van der Waals surface area contributed by atoms with Crippen molar-refractivity contribution in [2.24, 2.45) is 0 Å². The van der Waals surface area contributed by atoms with Gasteiger partial charge in [0.2, 0.25) is 0 Å². The molecule has 4 rings (SSSR count). The Morgan fingerprint density at radius 2 is 1.85 bits per heavy atom. The second-order valence-electron chi connectivity index (χ2n) is 7.98. The van der Waals surface area contributed by atoms with Crippen molar-refractivity contribution in [2.45, 2.75) is 18.9 Å². The molecule has 33 heavy (non-hydrogen) atoms. The van der Waals surface area contributed by atoms with Crippen molar-refractivity contribution in [1.82, 2.24) is 15.2 Å². The number of carbonyl (C=O) groups is 2. The maximum Gasteiger partial charge on any atom is 0.272 e.